The zero-order chi connectivity index (χ0) is 22.7. The van der Waals surface area contributed by atoms with Gasteiger partial charge in [0.15, 0.2) is 10.9 Å². The molecule has 10 heteroatoms. The highest BCUT2D eigenvalue weighted by molar-refractivity contribution is 7.89. The van der Waals surface area contributed by atoms with Crippen molar-refractivity contribution >= 4 is 32.4 Å². The SMILES string of the molecule is CCCOc1ccc(-c2csc(NC(=O)c3cc(S(=O)(=O)N4CCCC4)c(C)o3)n2)cc1. The van der Waals surface area contributed by atoms with Crippen molar-refractivity contribution in [2.24, 2.45) is 0 Å². The minimum Gasteiger partial charge on any atom is -0.494 e. The molecule has 1 amide bonds. The number of aromatic nitrogens is 1. The van der Waals surface area contributed by atoms with Gasteiger partial charge in [-0.05, 0) is 50.5 Å². The average Bonchev–Trinajstić information content (AvgIpc) is 3.54. The molecule has 32 heavy (non-hydrogen) atoms. The van der Waals surface area contributed by atoms with E-state index >= 15 is 0 Å². The largest absolute Gasteiger partial charge is 0.494 e. The maximum Gasteiger partial charge on any atom is 0.293 e. The van der Waals surface area contributed by atoms with Crippen LogP contribution in [-0.4, -0.2) is 43.3 Å². The van der Waals surface area contributed by atoms with Crippen LogP contribution in [0.3, 0.4) is 0 Å². The third kappa shape index (κ3) is 4.72. The van der Waals surface area contributed by atoms with Gasteiger partial charge in [0.25, 0.3) is 5.91 Å². The number of carbonyl (C=O) groups is 1. The Morgan fingerprint density at radius 2 is 1.97 bits per heavy atom. The van der Waals surface area contributed by atoms with Crippen molar-refractivity contribution in [1.29, 1.82) is 0 Å². The molecule has 1 aliphatic heterocycles. The molecule has 2 aromatic heterocycles. The summed E-state index contributed by atoms with van der Waals surface area (Å²) in [6.07, 6.45) is 2.62. The Labute approximate surface area is 191 Å². The molecule has 0 spiro atoms. The van der Waals surface area contributed by atoms with E-state index in [0.29, 0.717) is 24.8 Å². The van der Waals surface area contributed by atoms with Crippen LogP contribution in [0.2, 0.25) is 0 Å². The minimum absolute atomic E-state index is 0.0368. The molecule has 0 aliphatic carbocycles. The van der Waals surface area contributed by atoms with Gasteiger partial charge in [0.2, 0.25) is 10.0 Å². The van der Waals surface area contributed by atoms with Crippen LogP contribution in [-0.2, 0) is 10.0 Å². The van der Waals surface area contributed by atoms with Crippen LogP contribution in [0.5, 0.6) is 5.75 Å². The quantitative estimate of drug-likeness (QED) is 0.513. The molecule has 3 aromatic rings. The predicted molar refractivity (Wildman–Crippen MR) is 123 cm³/mol. The van der Waals surface area contributed by atoms with Gasteiger partial charge in [-0.2, -0.15) is 4.31 Å². The van der Waals surface area contributed by atoms with E-state index in [0.717, 1.165) is 36.3 Å². The molecule has 0 bridgehead atoms. The van der Waals surface area contributed by atoms with E-state index in [9.17, 15) is 13.2 Å². The zero-order valence-corrected chi connectivity index (χ0v) is 19.6. The Kier molecular flexibility index (Phi) is 6.63. The predicted octanol–water partition coefficient (Wildman–Crippen LogP) is 4.54. The summed E-state index contributed by atoms with van der Waals surface area (Å²) in [5, 5.41) is 4.93. The number of nitrogens with zero attached hydrogens (tertiary/aromatic N) is 2. The van der Waals surface area contributed by atoms with Crippen LogP contribution in [0.1, 0.15) is 42.5 Å². The van der Waals surface area contributed by atoms with Gasteiger partial charge in [0.05, 0.1) is 12.3 Å². The number of carbonyl (C=O) groups excluding carboxylic acids is 1. The lowest BCUT2D eigenvalue weighted by Crippen LogP contribution is -2.28. The lowest BCUT2D eigenvalue weighted by molar-refractivity contribution is 0.0995. The van der Waals surface area contributed by atoms with Gasteiger partial charge in [-0.1, -0.05) is 6.92 Å². The van der Waals surface area contributed by atoms with Gasteiger partial charge in [-0.15, -0.1) is 11.3 Å². The second-order valence-corrected chi connectivity index (χ2v) is 10.3. The van der Waals surface area contributed by atoms with Gasteiger partial charge >= 0.3 is 0 Å². The maximum absolute atomic E-state index is 12.8. The molecule has 1 fully saturated rings. The second kappa shape index (κ2) is 9.43. The molecule has 0 unspecified atom stereocenters. The summed E-state index contributed by atoms with van der Waals surface area (Å²) < 4.78 is 38.1. The van der Waals surface area contributed by atoms with Crippen LogP contribution in [0.25, 0.3) is 11.3 Å². The number of aryl methyl sites for hydroxylation is 1. The number of benzene rings is 1. The van der Waals surface area contributed by atoms with E-state index in [-0.39, 0.29) is 16.4 Å². The summed E-state index contributed by atoms with van der Waals surface area (Å²) in [6.45, 7) is 5.25. The highest BCUT2D eigenvalue weighted by Crippen LogP contribution is 2.29. The van der Waals surface area contributed by atoms with Crippen molar-refractivity contribution < 1.29 is 22.4 Å². The van der Waals surface area contributed by atoms with Gasteiger partial charge in [-0.3, -0.25) is 10.1 Å². The first-order chi connectivity index (χ1) is 15.4. The Balaban J connectivity index is 1.45. The number of sulfonamides is 1. The Hall–Kier alpha value is -2.69. The van der Waals surface area contributed by atoms with Gasteiger partial charge < -0.3 is 9.15 Å². The molecule has 1 N–H and O–H groups in total. The second-order valence-electron chi connectivity index (χ2n) is 7.51. The smallest absolute Gasteiger partial charge is 0.293 e. The van der Waals surface area contributed by atoms with Crippen molar-refractivity contribution in [2.45, 2.75) is 38.0 Å². The van der Waals surface area contributed by atoms with Crippen LogP contribution in [0.15, 0.2) is 45.0 Å². The number of amides is 1. The molecule has 0 saturated carbocycles. The van der Waals surface area contributed by atoms with Crippen LogP contribution >= 0.6 is 11.3 Å². The van der Waals surface area contributed by atoms with Gasteiger partial charge in [0, 0.05) is 30.1 Å². The number of thiazole rings is 1. The molecule has 0 atom stereocenters. The average molecular weight is 476 g/mol. The van der Waals surface area contributed by atoms with Crippen molar-refractivity contribution in [1.82, 2.24) is 9.29 Å². The highest BCUT2D eigenvalue weighted by Gasteiger charge is 2.31. The summed E-state index contributed by atoms with van der Waals surface area (Å²) >= 11 is 1.28. The van der Waals surface area contributed by atoms with Crippen molar-refractivity contribution in [2.75, 3.05) is 25.0 Å². The lowest BCUT2D eigenvalue weighted by Gasteiger charge is -2.14. The lowest BCUT2D eigenvalue weighted by atomic mass is 10.2. The van der Waals surface area contributed by atoms with E-state index in [4.69, 9.17) is 9.15 Å². The molecule has 3 heterocycles. The standard InChI is InChI=1S/C22H25N3O5S2/c1-3-12-29-17-8-6-16(7-9-17)18-14-31-22(23-18)24-21(26)19-13-20(15(2)30-19)32(27,28)25-10-4-5-11-25/h6-9,13-14H,3-5,10-12H2,1-2H3,(H,23,24,26). The molecular weight excluding hydrogens is 450 g/mol. The highest BCUT2D eigenvalue weighted by atomic mass is 32.2. The van der Waals surface area contributed by atoms with E-state index < -0.39 is 15.9 Å². The van der Waals surface area contributed by atoms with Crippen LogP contribution in [0.4, 0.5) is 5.13 Å². The van der Waals surface area contributed by atoms with E-state index in [1.54, 1.807) is 6.92 Å². The number of anilines is 1. The third-order valence-electron chi connectivity index (χ3n) is 5.13. The number of nitrogens with one attached hydrogen (secondary N) is 1. The number of hydrogen-bond acceptors (Lipinski definition) is 7. The van der Waals surface area contributed by atoms with Crippen molar-refractivity contribution in [3.63, 3.8) is 0 Å². The summed E-state index contributed by atoms with van der Waals surface area (Å²) in [5.74, 6) is 0.397. The van der Waals surface area contributed by atoms with Crippen LogP contribution in [0, 0.1) is 6.92 Å². The monoisotopic (exact) mass is 475 g/mol. The molecule has 0 radical (unpaired) electrons. The Morgan fingerprint density at radius 3 is 2.66 bits per heavy atom. The number of hydrogen-bond donors (Lipinski definition) is 1. The van der Waals surface area contributed by atoms with Gasteiger partial charge in [-0.25, -0.2) is 13.4 Å². The fourth-order valence-corrected chi connectivity index (χ4v) is 5.86. The van der Waals surface area contributed by atoms with E-state index in [2.05, 4.69) is 17.2 Å². The first kappa shape index (κ1) is 22.5. The fourth-order valence-electron chi connectivity index (χ4n) is 3.47. The summed E-state index contributed by atoms with van der Waals surface area (Å²) in [4.78, 5) is 17.1. The molecule has 1 aliphatic rings. The maximum atomic E-state index is 12.8. The van der Waals surface area contributed by atoms with Gasteiger partial charge in [0.1, 0.15) is 16.4 Å². The van der Waals surface area contributed by atoms with E-state index in [1.165, 1.54) is 21.7 Å². The first-order valence-electron chi connectivity index (χ1n) is 10.5. The molecular formula is C22H25N3O5S2. The Morgan fingerprint density at radius 1 is 1.25 bits per heavy atom. The summed E-state index contributed by atoms with van der Waals surface area (Å²) in [7, 11) is -3.66. The molecule has 1 saturated heterocycles. The van der Waals surface area contributed by atoms with E-state index in [1.807, 2.05) is 29.6 Å². The number of rotatable bonds is 8. The zero-order valence-electron chi connectivity index (χ0n) is 18.0. The minimum atomic E-state index is -3.66. The molecule has 4 rings (SSSR count). The number of furan rings is 1. The topological polar surface area (TPSA) is 102 Å². The molecule has 1 aromatic carbocycles. The molecule has 170 valence electrons. The first-order valence-corrected chi connectivity index (χ1v) is 12.8. The normalized spacial score (nSPS) is 14.6. The molecule has 8 nitrogen and oxygen atoms in total. The number of ether oxygens (including phenoxy) is 1. The van der Waals surface area contributed by atoms with Crippen molar-refractivity contribution in [3.8, 4) is 17.0 Å². The summed E-state index contributed by atoms with van der Waals surface area (Å²) in [6, 6.07) is 8.89. The van der Waals surface area contributed by atoms with Crippen LogP contribution < -0.4 is 10.1 Å². The summed E-state index contributed by atoms with van der Waals surface area (Å²) in [5.41, 5.74) is 1.62. The van der Waals surface area contributed by atoms with Crippen molar-refractivity contribution in [3.05, 3.63) is 47.2 Å². The third-order valence-corrected chi connectivity index (χ3v) is 7.89. The fraction of sp³-hybridized carbons (Fsp3) is 0.364. The Bertz CT molecular complexity index is 1190.